The van der Waals surface area contributed by atoms with Gasteiger partial charge in [0.15, 0.2) is 27.2 Å². The molecule has 2 heterocycles. The summed E-state index contributed by atoms with van der Waals surface area (Å²) in [5.74, 6) is -1.45. The van der Waals surface area contributed by atoms with Crippen LogP contribution < -0.4 is 4.74 Å². The molecule has 1 aliphatic rings. The van der Waals surface area contributed by atoms with Crippen LogP contribution in [0.2, 0.25) is 0 Å². The smallest absolute Gasteiger partial charge is 0.435 e. The summed E-state index contributed by atoms with van der Waals surface area (Å²) in [5, 5.41) is 15.0. The fourth-order valence-corrected chi connectivity index (χ4v) is 3.76. The molecule has 0 radical (unpaired) electrons. The summed E-state index contributed by atoms with van der Waals surface area (Å²) >= 11 is 0. The fraction of sp³-hybridized carbons (Fsp3) is 0.615. The lowest BCUT2D eigenvalue weighted by Crippen LogP contribution is -2.24. The summed E-state index contributed by atoms with van der Waals surface area (Å²) < 4.78 is 70.2. The molecule has 0 amide bonds. The maximum atomic E-state index is 13.2. The van der Waals surface area contributed by atoms with Gasteiger partial charge in [0, 0.05) is 13.5 Å². The first kappa shape index (κ1) is 19.0. The lowest BCUT2D eigenvalue weighted by atomic mass is 10.1. The van der Waals surface area contributed by atoms with Crippen molar-refractivity contribution in [2.24, 2.45) is 12.2 Å². The number of nitrogens with zero attached hydrogens (tertiary/aromatic N) is 4. The average molecular weight is 380 g/mol. The maximum absolute atomic E-state index is 13.2. The second kappa shape index (κ2) is 6.21. The van der Waals surface area contributed by atoms with Crippen LogP contribution in [-0.4, -0.2) is 35.4 Å². The minimum Gasteiger partial charge on any atom is -0.462 e. The van der Waals surface area contributed by atoms with Crippen LogP contribution in [-0.2, 0) is 33.7 Å². The lowest BCUT2D eigenvalue weighted by molar-refractivity contribution is -0.141. The molecule has 138 valence electrons. The number of rotatable bonds is 4. The quantitative estimate of drug-likeness (QED) is 0.788. The Bertz CT molecular complexity index is 850. The topological polar surface area (TPSA) is 107 Å². The molecule has 1 aromatic rings. The first-order valence-corrected chi connectivity index (χ1v) is 8.63. The fourth-order valence-electron chi connectivity index (χ4n) is 2.23. The number of hydrogen-bond acceptors (Lipinski definition) is 7. The molecule has 2 rings (SSSR count). The second-order valence-electron chi connectivity index (χ2n) is 5.97. The Kier molecular flexibility index (Phi) is 4.73. The molecule has 1 aromatic heterocycles. The van der Waals surface area contributed by atoms with Gasteiger partial charge in [0.25, 0.3) is 0 Å². The lowest BCUT2D eigenvalue weighted by Gasteiger charge is -2.13. The zero-order valence-corrected chi connectivity index (χ0v) is 14.4. The van der Waals surface area contributed by atoms with Crippen LogP contribution in [0.4, 0.5) is 13.2 Å². The van der Waals surface area contributed by atoms with Gasteiger partial charge < -0.3 is 9.57 Å². The molecule has 0 atom stereocenters. The molecule has 0 unspecified atom stereocenters. The SMILES string of the molecule is Cn1nc(C(F)(F)F)c(CS(=O)(=O)C2=NOC(C)(C)C2)c1OCC#N. The Morgan fingerprint density at radius 2 is 2.08 bits per heavy atom. The molecule has 25 heavy (non-hydrogen) atoms. The highest BCUT2D eigenvalue weighted by Crippen LogP contribution is 2.37. The van der Waals surface area contributed by atoms with Crippen LogP contribution in [0.1, 0.15) is 31.5 Å². The van der Waals surface area contributed by atoms with Gasteiger partial charge in [-0.2, -0.15) is 23.5 Å². The van der Waals surface area contributed by atoms with E-state index in [0.29, 0.717) is 0 Å². The number of alkyl halides is 3. The van der Waals surface area contributed by atoms with Crippen molar-refractivity contribution in [2.45, 2.75) is 37.8 Å². The van der Waals surface area contributed by atoms with Crippen molar-refractivity contribution in [3.8, 4) is 11.9 Å². The minimum absolute atomic E-state index is 0.0642. The normalized spacial score (nSPS) is 16.9. The van der Waals surface area contributed by atoms with Crippen molar-refractivity contribution in [3.05, 3.63) is 11.3 Å². The number of aryl methyl sites for hydroxylation is 1. The number of nitriles is 1. The molecule has 0 fully saturated rings. The summed E-state index contributed by atoms with van der Waals surface area (Å²) in [5.41, 5.74) is -2.91. The summed E-state index contributed by atoms with van der Waals surface area (Å²) in [6.45, 7) is 2.65. The molecule has 0 bridgehead atoms. The van der Waals surface area contributed by atoms with Crippen molar-refractivity contribution < 1.29 is 31.2 Å². The first-order valence-electron chi connectivity index (χ1n) is 6.98. The van der Waals surface area contributed by atoms with Crippen molar-refractivity contribution in [1.29, 1.82) is 5.26 Å². The highest BCUT2D eigenvalue weighted by molar-refractivity contribution is 8.05. The van der Waals surface area contributed by atoms with Crippen molar-refractivity contribution in [1.82, 2.24) is 9.78 Å². The Hall–Kier alpha value is -2.29. The number of hydrogen-bond donors (Lipinski definition) is 0. The van der Waals surface area contributed by atoms with E-state index < -0.39 is 51.1 Å². The average Bonchev–Trinajstić information content (AvgIpc) is 2.97. The van der Waals surface area contributed by atoms with E-state index >= 15 is 0 Å². The van der Waals surface area contributed by atoms with Crippen LogP contribution in [0.15, 0.2) is 5.16 Å². The van der Waals surface area contributed by atoms with E-state index in [4.69, 9.17) is 14.8 Å². The van der Waals surface area contributed by atoms with E-state index in [9.17, 15) is 21.6 Å². The monoisotopic (exact) mass is 380 g/mol. The zero-order chi connectivity index (χ0) is 19.0. The zero-order valence-electron chi connectivity index (χ0n) is 13.6. The Morgan fingerprint density at radius 1 is 1.44 bits per heavy atom. The van der Waals surface area contributed by atoms with Crippen LogP contribution in [0.25, 0.3) is 0 Å². The standard InChI is InChI=1S/C13H15F3N4O4S/c1-12(2)6-9(19-24-12)25(21,22)7-8-10(13(14,15)16)18-20(3)11(8)23-5-4-17/h5-7H2,1-3H3. The van der Waals surface area contributed by atoms with E-state index in [1.54, 1.807) is 19.9 Å². The van der Waals surface area contributed by atoms with E-state index in [-0.39, 0.29) is 11.5 Å². The van der Waals surface area contributed by atoms with Crippen LogP contribution in [0.5, 0.6) is 5.88 Å². The highest BCUT2D eigenvalue weighted by atomic mass is 32.2. The number of oxime groups is 1. The van der Waals surface area contributed by atoms with Gasteiger partial charge in [-0.05, 0) is 13.8 Å². The summed E-state index contributed by atoms with van der Waals surface area (Å²) in [7, 11) is -3.03. The van der Waals surface area contributed by atoms with Gasteiger partial charge in [-0.15, -0.1) is 0 Å². The summed E-state index contributed by atoms with van der Waals surface area (Å²) in [6.07, 6.45) is -4.95. The van der Waals surface area contributed by atoms with Crippen molar-refractivity contribution in [2.75, 3.05) is 6.61 Å². The van der Waals surface area contributed by atoms with Crippen molar-refractivity contribution in [3.63, 3.8) is 0 Å². The van der Waals surface area contributed by atoms with Gasteiger partial charge in [0.1, 0.15) is 11.7 Å². The van der Waals surface area contributed by atoms with Crippen LogP contribution in [0, 0.1) is 11.3 Å². The Labute approximate surface area is 141 Å². The second-order valence-corrected chi connectivity index (χ2v) is 7.96. The molecule has 8 nitrogen and oxygen atoms in total. The number of halogens is 3. The Morgan fingerprint density at radius 3 is 2.56 bits per heavy atom. The number of ether oxygens (including phenoxy) is 1. The van der Waals surface area contributed by atoms with Crippen LogP contribution in [0.3, 0.4) is 0 Å². The molecule has 0 spiro atoms. The molecular formula is C13H15F3N4O4S. The maximum Gasteiger partial charge on any atom is 0.435 e. The third-order valence-electron chi connectivity index (χ3n) is 3.29. The molecule has 1 aliphatic heterocycles. The van der Waals surface area contributed by atoms with E-state index in [2.05, 4.69) is 10.3 Å². The molecule has 0 saturated carbocycles. The third kappa shape index (κ3) is 4.04. The summed E-state index contributed by atoms with van der Waals surface area (Å²) in [6, 6.07) is 1.61. The molecule has 12 heteroatoms. The van der Waals surface area contributed by atoms with E-state index in [1.807, 2.05) is 0 Å². The van der Waals surface area contributed by atoms with Gasteiger partial charge in [-0.25, -0.2) is 13.1 Å². The largest absolute Gasteiger partial charge is 0.462 e. The van der Waals surface area contributed by atoms with E-state index in [0.717, 1.165) is 11.7 Å². The molecule has 0 aliphatic carbocycles. The summed E-state index contributed by atoms with van der Waals surface area (Å²) in [4.78, 5) is 4.97. The van der Waals surface area contributed by atoms with Gasteiger partial charge in [0.05, 0.1) is 11.3 Å². The highest BCUT2D eigenvalue weighted by Gasteiger charge is 2.43. The molecule has 0 aromatic carbocycles. The third-order valence-corrected chi connectivity index (χ3v) is 4.90. The Balaban J connectivity index is 2.45. The van der Waals surface area contributed by atoms with Gasteiger partial charge in [-0.3, -0.25) is 0 Å². The number of aromatic nitrogens is 2. The van der Waals surface area contributed by atoms with Crippen molar-refractivity contribution >= 4 is 14.9 Å². The first-order chi connectivity index (χ1) is 11.4. The molecule has 0 saturated heterocycles. The van der Waals surface area contributed by atoms with Gasteiger partial charge >= 0.3 is 6.18 Å². The van der Waals surface area contributed by atoms with Crippen LogP contribution >= 0.6 is 0 Å². The molecule has 0 N–H and O–H groups in total. The predicted octanol–water partition coefficient (Wildman–Crippen LogP) is 1.77. The van der Waals surface area contributed by atoms with Gasteiger partial charge in [-0.1, -0.05) is 5.16 Å². The van der Waals surface area contributed by atoms with Gasteiger partial charge in [0.2, 0.25) is 5.88 Å². The molecular weight excluding hydrogens is 365 g/mol. The predicted molar refractivity (Wildman–Crippen MR) is 79.2 cm³/mol. The number of sulfone groups is 1. The minimum atomic E-state index is -4.88. The van der Waals surface area contributed by atoms with E-state index in [1.165, 1.54) is 0 Å².